The van der Waals surface area contributed by atoms with E-state index < -0.39 is 7.32 Å². The SMILES string of the molecule is CCCOCCOc1ccc(OB(O)O)cc1Cl. The molecule has 1 aromatic rings. The van der Waals surface area contributed by atoms with Gasteiger partial charge < -0.3 is 24.2 Å². The maximum Gasteiger partial charge on any atom is 0.707 e. The van der Waals surface area contributed by atoms with Crippen LogP contribution in [-0.2, 0) is 4.74 Å². The van der Waals surface area contributed by atoms with Crippen LogP contribution in [0, 0.1) is 0 Å². The summed E-state index contributed by atoms with van der Waals surface area (Å²) < 4.78 is 15.3. The van der Waals surface area contributed by atoms with Crippen LogP contribution in [0.3, 0.4) is 0 Å². The molecule has 0 bridgehead atoms. The predicted octanol–water partition coefficient (Wildman–Crippen LogP) is 1.49. The average Bonchev–Trinajstić information content (AvgIpc) is 2.30. The van der Waals surface area contributed by atoms with Crippen molar-refractivity contribution in [2.45, 2.75) is 13.3 Å². The van der Waals surface area contributed by atoms with E-state index in [1.165, 1.54) is 12.1 Å². The molecule has 100 valence electrons. The van der Waals surface area contributed by atoms with Crippen LogP contribution in [0.4, 0.5) is 0 Å². The van der Waals surface area contributed by atoms with Crippen LogP contribution < -0.4 is 9.39 Å². The normalized spacial score (nSPS) is 10.2. The van der Waals surface area contributed by atoms with Gasteiger partial charge in [-0.15, -0.1) is 0 Å². The van der Waals surface area contributed by atoms with Crippen molar-refractivity contribution < 1.29 is 24.2 Å². The molecule has 18 heavy (non-hydrogen) atoms. The van der Waals surface area contributed by atoms with Gasteiger partial charge in [0.25, 0.3) is 0 Å². The Labute approximate surface area is 111 Å². The predicted molar refractivity (Wildman–Crippen MR) is 68.9 cm³/mol. The van der Waals surface area contributed by atoms with E-state index in [9.17, 15) is 0 Å². The molecule has 1 rings (SSSR count). The summed E-state index contributed by atoms with van der Waals surface area (Å²) in [6.45, 7) is 3.64. The second-order valence-corrected chi connectivity index (χ2v) is 3.90. The lowest BCUT2D eigenvalue weighted by Gasteiger charge is -2.10. The minimum absolute atomic E-state index is 0.254. The topological polar surface area (TPSA) is 68.2 Å². The van der Waals surface area contributed by atoms with E-state index >= 15 is 0 Å². The number of benzene rings is 1. The molecule has 0 saturated carbocycles. The minimum atomic E-state index is -1.87. The molecule has 0 radical (unpaired) electrons. The van der Waals surface area contributed by atoms with Crippen molar-refractivity contribution in [3.8, 4) is 11.5 Å². The van der Waals surface area contributed by atoms with Gasteiger partial charge in [-0.25, -0.2) is 0 Å². The molecule has 7 heteroatoms. The van der Waals surface area contributed by atoms with Crippen LogP contribution in [0.2, 0.25) is 5.02 Å². The Balaban J connectivity index is 2.42. The Hall–Kier alpha value is -0.945. The first-order valence-corrected chi connectivity index (χ1v) is 6.04. The summed E-state index contributed by atoms with van der Waals surface area (Å²) in [5, 5.41) is 17.6. The first kappa shape index (κ1) is 15.1. The average molecular weight is 275 g/mol. The number of rotatable bonds is 8. The molecule has 0 aliphatic carbocycles. The number of hydrogen-bond acceptors (Lipinski definition) is 5. The van der Waals surface area contributed by atoms with Gasteiger partial charge in [-0.05, 0) is 18.6 Å². The molecule has 0 spiro atoms. The van der Waals surface area contributed by atoms with Gasteiger partial charge in [0.05, 0.1) is 11.6 Å². The summed E-state index contributed by atoms with van der Waals surface area (Å²) in [6, 6.07) is 4.58. The Morgan fingerprint density at radius 1 is 1.22 bits per heavy atom. The fourth-order valence-corrected chi connectivity index (χ4v) is 1.48. The van der Waals surface area contributed by atoms with Gasteiger partial charge in [-0.3, -0.25) is 0 Å². The molecule has 0 aliphatic heterocycles. The van der Waals surface area contributed by atoms with Gasteiger partial charge in [0.1, 0.15) is 18.1 Å². The van der Waals surface area contributed by atoms with Gasteiger partial charge in [0.15, 0.2) is 0 Å². The van der Waals surface area contributed by atoms with E-state index in [0.717, 1.165) is 6.42 Å². The Morgan fingerprint density at radius 3 is 2.61 bits per heavy atom. The molecule has 0 saturated heterocycles. The molecule has 0 atom stereocenters. The summed E-state index contributed by atoms with van der Waals surface area (Å²) in [4.78, 5) is 0. The summed E-state index contributed by atoms with van der Waals surface area (Å²) in [5.74, 6) is 0.751. The highest BCUT2D eigenvalue weighted by atomic mass is 35.5. The highest BCUT2D eigenvalue weighted by Crippen LogP contribution is 2.28. The molecule has 0 unspecified atom stereocenters. The minimum Gasteiger partial charge on any atom is -0.512 e. The summed E-state index contributed by atoms with van der Waals surface area (Å²) in [7, 11) is -1.87. The third kappa shape index (κ3) is 5.60. The standard InChI is InChI=1S/C11H16BClO5/c1-2-5-16-6-7-17-11-4-3-9(8-10(11)13)18-12(14)15/h3-4,8,14-15H,2,5-7H2,1H3. The molecule has 5 nitrogen and oxygen atoms in total. The summed E-state index contributed by atoms with van der Waals surface area (Å²) >= 11 is 5.94. The van der Waals surface area contributed by atoms with Gasteiger partial charge in [-0.1, -0.05) is 18.5 Å². The van der Waals surface area contributed by atoms with Crippen LogP contribution in [0.1, 0.15) is 13.3 Å². The van der Waals surface area contributed by atoms with Crippen LogP contribution in [0.5, 0.6) is 11.5 Å². The lowest BCUT2D eigenvalue weighted by Crippen LogP contribution is -2.20. The Morgan fingerprint density at radius 2 is 2.00 bits per heavy atom. The lowest BCUT2D eigenvalue weighted by atomic mass is 10.2. The van der Waals surface area contributed by atoms with E-state index in [4.69, 9.17) is 31.1 Å². The van der Waals surface area contributed by atoms with Gasteiger partial charge in [-0.2, -0.15) is 0 Å². The molecule has 0 heterocycles. The first-order valence-electron chi connectivity index (χ1n) is 5.66. The molecule has 0 aliphatic rings. The third-order valence-corrected chi connectivity index (χ3v) is 2.27. The van der Waals surface area contributed by atoms with E-state index in [2.05, 4.69) is 4.65 Å². The first-order chi connectivity index (χ1) is 8.63. The second-order valence-electron chi connectivity index (χ2n) is 3.50. The fraction of sp³-hybridized carbons (Fsp3) is 0.455. The summed E-state index contributed by atoms with van der Waals surface area (Å²) in [6.07, 6.45) is 0.969. The highest BCUT2D eigenvalue weighted by Gasteiger charge is 2.12. The molecule has 0 amide bonds. The Kier molecular flexibility index (Phi) is 6.89. The number of ether oxygens (including phenoxy) is 2. The zero-order chi connectivity index (χ0) is 13.4. The molecular formula is C11H16BClO5. The van der Waals surface area contributed by atoms with Crippen molar-refractivity contribution in [1.82, 2.24) is 0 Å². The van der Waals surface area contributed by atoms with Gasteiger partial charge in [0.2, 0.25) is 0 Å². The van der Waals surface area contributed by atoms with E-state index in [1.807, 2.05) is 6.92 Å². The van der Waals surface area contributed by atoms with Gasteiger partial charge in [0, 0.05) is 12.7 Å². The quantitative estimate of drug-likeness (QED) is 0.555. The molecular weight excluding hydrogens is 258 g/mol. The highest BCUT2D eigenvalue weighted by molar-refractivity contribution is 6.34. The van der Waals surface area contributed by atoms with E-state index in [0.29, 0.717) is 30.6 Å². The Bertz CT molecular complexity index is 361. The molecule has 0 fully saturated rings. The number of hydrogen-bond donors (Lipinski definition) is 2. The number of halogens is 1. The van der Waals surface area contributed by atoms with E-state index in [-0.39, 0.29) is 5.75 Å². The van der Waals surface area contributed by atoms with Gasteiger partial charge >= 0.3 is 7.32 Å². The molecule has 2 N–H and O–H groups in total. The van der Waals surface area contributed by atoms with Crippen molar-refractivity contribution in [2.75, 3.05) is 19.8 Å². The van der Waals surface area contributed by atoms with Crippen LogP contribution >= 0.6 is 11.6 Å². The maximum atomic E-state index is 8.63. The second kappa shape index (κ2) is 8.21. The third-order valence-electron chi connectivity index (χ3n) is 1.98. The van der Waals surface area contributed by atoms with Crippen molar-refractivity contribution in [3.63, 3.8) is 0 Å². The fourth-order valence-electron chi connectivity index (χ4n) is 1.25. The summed E-state index contributed by atoms with van der Waals surface area (Å²) in [5.41, 5.74) is 0. The monoisotopic (exact) mass is 274 g/mol. The van der Waals surface area contributed by atoms with Crippen LogP contribution in [0.15, 0.2) is 18.2 Å². The van der Waals surface area contributed by atoms with Crippen molar-refractivity contribution in [3.05, 3.63) is 23.2 Å². The molecule has 0 aromatic heterocycles. The lowest BCUT2D eigenvalue weighted by molar-refractivity contribution is 0.101. The van der Waals surface area contributed by atoms with E-state index in [1.54, 1.807) is 6.07 Å². The van der Waals surface area contributed by atoms with Crippen molar-refractivity contribution in [1.29, 1.82) is 0 Å². The van der Waals surface area contributed by atoms with Crippen molar-refractivity contribution in [2.24, 2.45) is 0 Å². The smallest absolute Gasteiger partial charge is 0.512 e. The largest absolute Gasteiger partial charge is 0.707 e. The van der Waals surface area contributed by atoms with Crippen LogP contribution in [-0.4, -0.2) is 37.2 Å². The zero-order valence-electron chi connectivity index (χ0n) is 10.1. The van der Waals surface area contributed by atoms with Crippen LogP contribution in [0.25, 0.3) is 0 Å². The maximum absolute atomic E-state index is 8.63. The zero-order valence-corrected chi connectivity index (χ0v) is 10.9. The van der Waals surface area contributed by atoms with Crippen molar-refractivity contribution >= 4 is 18.9 Å². The molecule has 1 aromatic carbocycles.